The van der Waals surface area contributed by atoms with E-state index in [-0.39, 0.29) is 5.91 Å². The largest absolute Gasteiger partial charge is 0.297 e. The summed E-state index contributed by atoms with van der Waals surface area (Å²) >= 11 is 1.41. The standard InChI is InChI=1S/C18H20N6OS/c1-2-3-9-17-21-22-18(26-17)19-16(25)11-10-15-13-24(23-20-15)12-14-7-5-4-6-8-14/h4-8,10-11,13H,2-3,9,12H2,1H3,(H,19,22,25)/b11-10+. The maximum absolute atomic E-state index is 12.0. The summed E-state index contributed by atoms with van der Waals surface area (Å²) in [5.41, 5.74) is 1.76. The molecule has 1 amide bonds. The average Bonchev–Trinajstić information content (AvgIpc) is 3.28. The Labute approximate surface area is 155 Å². The van der Waals surface area contributed by atoms with Crippen molar-refractivity contribution in [1.29, 1.82) is 0 Å². The van der Waals surface area contributed by atoms with Crippen LogP contribution in [0, 0.1) is 0 Å². The van der Waals surface area contributed by atoms with Gasteiger partial charge in [0.25, 0.3) is 0 Å². The van der Waals surface area contributed by atoms with Crippen LogP contribution in [0.25, 0.3) is 6.08 Å². The number of nitrogens with zero attached hydrogens (tertiary/aromatic N) is 5. The molecule has 0 saturated heterocycles. The second-order valence-electron chi connectivity index (χ2n) is 5.75. The zero-order valence-electron chi connectivity index (χ0n) is 14.5. The topological polar surface area (TPSA) is 85.6 Å². The van der Waals surface area contributed by atoms with Gasteiger partial charge in [-0.2, -0.15) is 0 Å². The van der Waals surface area contributed by atoms with Crippen LogP contribution in [0.1, 0.15) is 36.0 Å². The normalized spacial score (nSPS) is 11.1. The number of aryl methyl sites for hydroxylation is 1. The van der Waals surface area contributed by atoms with Crippen molar-refractivity contribution in [2.75, 3.05) is 5.32 Å². The molecule has 0 bridgehead atoms. The van der Waals surface area contributed by atoms with Crippen molar-refractivity contribution < 1.29 is 4.79 Å². The Morgan fingerprint density at radius 2 is 2.08 bits per heavy atom. The maximum Gasteiger partial charge on any atom is 0.250 e. The van der Waals surface area contributed by atoms with Gasteiger partial charge >= 0.3 is 0 Å². The van der Waals surface area contributed by atoms with E-state index in [9.17, 15) is 4.79 Å². The van der Waals surface area contributed by atoms with Gasteiger partial charge in [0.05, 0.1) is 12.7 Å². The minimum absolute atomic E-state index is 0.263. The van der Waals surface area contributed by atoms with Gasteiger partial charge in [-0.1, -0.05) is 60.2 Å². The van der Waals surface area contributed by atoms with Gasteiger partial charge in [0.2, 0.25) is 11.0 Å². The lowest BCUT2D eigenvalue weighted by atomic mass is 10.2. The molecule has 0 spiro atoms. The molecule has 26 heavy (non-hydrogen) atoms. The van der Waals surface area contributed by atoms with Crippen molar-refractivity contribution in [1.82, 2.24) is 25.2 Å². The molecule has 0 aliphatic heterocycles. The molecular formula is C18H20N6OS. The monoisotopic (exact) mass is 368 g/mol. The molecule has 0 unspecified atom stereocenters. The summed E-state index contributed by atoms with van der Waals surface area (Å²) in [5, 5.41) is 20.3. The molecule has 7 nitrogen and oxygen atoms in total. The number of aromatic nitrogens is 5. The number of unbranched alkanes of at least 4 members (excludes halogenated alkanes) is 1. The predicted molar refractivity (Wildman–Crippen MR) is 102 cm³/mol. The van der Waals surface area contributed by atoms with Crippen LogP contribution in [-0.2, 0) is 17.8 Å². The predicted octanol–water partition coefficient (Wildman–Crippen LogP) is 3.17. The molecule has 0 aliphatic carbocycles. The SMILES string of the molecule is CCCCc1nnc(NC(=O)/C=C/c2cn(Cc3ccccc3)nn2)s1. The Morgan fingerprint density at radius 1 is 1.23 bits per heavy atom. The lowest BCUT2D eigenvalue weighted by Gasteiger charge is -1.98. The average molecular weight is 368 g/mol. The summed E-state index contributed by atoms with van der Waals surface area (Å²) < 4.78 is 1.73. The highest BCUT2D eigenvalue weighted by Crippen LogP contribution is 2.17. The molecule has 1 aromatic carbocycles. The van der Waals surface area contributed by atoms with Gasteiger partial charge in [-0.15, -0.1) is 15.3 Å². The lowest BCUT2D eigenvalue weighted by Crippen LogP contribution is -2.07. The number of carbonyl (C=O) groups excluding carboxylic acids is 1. The molecule has 1 N–H and O–H groups in total. The molecule has 0 radical (unpaired) electrons. The number of benzene rings is 1. The van der Waals surface area contributed by atoms with Crippen molar-refractivity contribution in [2.24, 2.45) is 0 Å². The Bertz CT molecular complexity index is 871. The first-order chi connectivity index (χ1) is 12.7. The van der Waals surface area contributed by atoms with Crippen LogP contribution in [0.2, 0.25) is 0 Å². The number of carbonyl (C=O) groups is 1. The van der Waals surface area contributed by atoms with Gasteiger partial charge in [-0.3, -0.25) is 10.1 Å². The van der Waals surface area contributed by atoms with Crippen molar-refractivity contribution in [3.8, 4) is 0 Å². The molecule has 3 aromatic rings. The Balaban J connectivity index is 1.52. The van der Waals surface area contributed by atoms with Crippen LogP contribution >= 0.6 is 11.3 Å². The van der Waals surface area contributed by atoms with Crippen molar-refractivity contribution in [3.05, 3.63) is 58.9 Å². The Hall–Kier alpha value is -2.87. The van der Waals surface area contributed by atoms with E-state index in [1.54, 1.807) is 17.0 Å². The smallest absolute Gasteiger partial charge is 0.250 e. The van der Waals surface area contributed by atoms with E-state index in [1.165, 1.54) is 17.4 Å². The second kappa shape index (κ2) is 9.00. The third-order valence-corrected chi connectivity index (χ3v) is 4.49. The third kappa shape index (κ3) is 5.32. The zero-order chi connectivity index (χ0) is 18.2. The third-order valence-electron chi connectivity index (χ3n) is 3.59. The molecule has 134 valence electrons. The fourth-order valence-corrected chi connectivity index (χ4v) is 3.06. The first-order valence-corrected chi connectivity index (χ1v) is 9.30. The molecule has 0 aliphatic rings. The minimum atomic E-state index is -0.263. The van der Waals surface area contributed by atoms with E-state index >= 15 is 0 Å². The number of hydrogen-bond donors (Lipinski definition) is 1. The molecule has 0 saturated carbocycles. The summed E-state index contributed by atoms with van der Waals surface area (Å²) in [7, 11) is 0. The maximum atomic E-state index is 12.0. The molecular weight excluding hydrogens is 348 g/mol. The van der Waals surface area contributed by atoms with Crippen molar-refractivity contribution >= 4 is 28.5 Å². The zero-order valence-corrected chi connectivity index (χ0v) is 15.3. The number of hydrogen-bond acceptors (Lipinski definition) is 6. The highest BCUT2D eigenvalue weighted by atomic mass is 32.1. The number of nitrogens with one attached hydrogen (secondary N) is 1. The summed E-state index contributed by atoms with van der Waals surface area (Å²) in [4.78, 5) is 12.0. The van der Waals surface area contributed by atoms with Gasteiger partial charge in [-0.25, -0.2) is 4.68 Å². The van der Waals surface area contributed by atoms with Gasteiger partial charge in [0.1, 0.15) is 10.7 Å². The Kier molecular flexibility index (Phi) is 6.21. The molecule has 3 rings (SSSR count). The fraction of sp³-hybridized carbons (Fsp3) is 0.278. The number of amides is 1. The second-order valence-corrected chi connectivity index (χ2v) is 6.82. The van der Waals surface area contributed by atoms with E-state index in [0.717, 1.165) is 29.8 Å². The van der Waals surface area contributed by atoms with Gasteiger partial charge in [-0.05, 0) is 18.1 Å². The quantitative estimate of drug-likeness (QED) is 0.617. The van der Waals surface area contributed by atoms with E-state index in [1.807, 2.05) is 30.3 Å². The van der Waals surface area contributed by atoms with Crippen LogP contribution in [0.3, 0.4) is 0 Å². The minimum Gasteiger partial charge on any atom is -0.297 e. The highest BCUT2D eigenvalue weighted by molar-refractivity contribution is 7.15. The van der Waals surface area contributed by atoms with Gasteiger partial charge < -0.3 is 0 Å². The van der Waals surface area contributed by atoms with E-state index in [2.05, 4.69) is 32.7 Å². The summed E-state index contributed by atoms with van der Waals surface area (Å²) in [6.07, 6.45) is 7.91. The molecule has 0 fully saturated rings. The van der Waals surface area contributed by atoms with Crippen molar-refractivity contribution in [2.45, 2.75) is 32.7 Å². The summed E-state index contributed by atoms with van der Waals surface area (Å²) in [6.45, 7) is 2.77. The molecule has 2 heterocycles. The van der Waals surface area contributed by atoms with Crippen LogP contribution in [0.5, 0.6) is 0 Å². The highest BCUT2D eigenvalue weighted by Gasteiger charge is 2.06. The van der Waals surface area contributed by atoms with Crippen LogP contribution in [0.15, 0.2) is 42.6 Å². The first kappa shape index (κ1) is 17.9. The molecule has 2 aromatic heterocycles. The van der Waals surface area contributed by atoms with E-state index < -0.39 is 0 Å². The first-order valence-electron chi connectivity index (χ1n) is 8.48. The van der Waals surface area contributed by atoms with Crippen LogP contribution < -0.4 is 5.32 Å². The van der Waals surface area contributed by atoms with E-state index in [4.69, 9.17) is 0 Å². The van der Waals surface area contributed by atoms with Crippen LogP contribution in [-0.4, -0.2) is 31.1 Å². The fourth-order valence-electron chi connectivity index (χ4n) is 2.28. The van der Waals surface area contributed by atoms with Crippen molar-refractivity contribution in [3.63, 3.8) is 0 Å². The van der Waals surface area contributed by atoms with Crippen LogP contribution in [0.4, 0.5) is 5.13 Å². The van der Waals surface area contributed by atoms with Gasteiger partial charge in [0.15, 0.2) is 0 Å². The lowest BCUT2D eigenvalue weighted by molar-refractivity contribution is -0.111. The number of anilines is 1. The Morgan fingerprint density at radius 3 is 2.88 bits per heavy atom. The molecule has 8 heteroatoms. The van der Waals surface area contributed by atoms with E-state index in [0.29, 0.717) is 17.4 Å². The number of rotatable bonds is 8. The molecule has 0 atom stereocenters. The summed E-state index contributed by atoms with van der Waals surface area (Å²) in [6, 6.07) is 10.0. The van der Waals surface area contributed by atoms with Gasteiger partial charge in [0, 0.05) is 12.5 Å². The summed E-state index contributed by atoms with van der Waals surface area (Å²) in [5.74, 6) is -0.263.